The van der Waals surface area contributed by atoms with Gasteiger partial charge >= 0.3 is 0 Å². The van der Waals surface area contributed by atoms with E-state index >= 15 is 0 Å². The zero-order chi connectivity index (χ0) is 20.6. The number of rotatable bonds is 7. The van der Waals surface area contributed by atoms with Crippen LogP contribution in [0.25, 0.3) is 12.2 Å². The Morgan fingerprint density at radius 3 is 2.48 bits per heavy atom. The fourth-order valence-electron chi connectivity index (χ4n) is 2.76. The molecule has 0 spiro atoms. The second-order valence-electron chi connectivity index (χ2n) is 6.12. The summed E-state index contributed by atoms with van der Waals surface area (Å²) in [6.45, 7) is -0.244. The van der Waals surface area contributed by atoms with E-state index in [1.54, 1.807) is 18.2 Å². The Morgan fingerprint density at radius 2 is 1.83 bits per heavy atom. The summed E-state index contributed by atoms with van der Waals surface area (Å²) in [5.74, 6) is 0.482. The number of hydrogen-bond acceptors (Lipinski definition) is 6. The first-order valence-electron chi connectivity index (χ1n) is 9.04. The minimum atomic E-state index is -0.448. The third-order valence-corrected chi connectivity index (χ3v) is 4.09. The molecule has 0 saturated heterocycles. The number of aromatic amines is 1. The molecule has 2 aromatic heterocycles. The number of pyridine rings is 1. The van der Waals surface area contributed by atoms with E-state index in [1.165, 1.54) is 16.8 Å². The number of hydrogen-bond donors (Lipinski definition) is 3. The Morgan fingerprint density at radius 1 is 1.03 bits per heavy atom. The lowest BCUT2D eigenvalue weighted by Crippen LogP contribution is -2.53. The van der Waals surface area contributed by atoms with Gasteiger partial charge in [0.25, 0.3) is 11.1 Å². The van der Waals surface area contributed by atoms with Crippen LogP contribution in [0.15, 0.2) is 58.3 Å². The van der Waals surface area contributed by atoms with Crippen molar-refractivity contribution in [2.24, 2.45) is 0 Å². The van der Waals surface area contributed by atoms with Gasteiger partial charge in [0.05, 0.1) is 25.1 Å². The second-order valence-corrected chi connectivity index (χ2v) is 6.12. The van der Waals surface area contributed by atoms with E-state index in [-0.39, 0.29) is 37.1 Å². The molecule has 0 saturated carbocycles. The molecule has 3 N–H and O–H groups in total. The van der Waals surface area contributed by atoms with Gasteiger partial charge < -0.3 is 19.9 Å². The van der Waals surface area contributed by atoms with Gasteiger partial charge in [-0.05, 0) is 29.8 Å². The molecular weight excluding hydrogens is 374 g/mol. The highest BCUT2D eigenvalue weighted by Crippen LogP contribution is 2.08. The fraction of sp³-hybridized carbons (Fsp3) is 0.190. The summed E-state index contributed by atoms with van der Waals surface area (Å²) >= 11 is 0. The molecule has 0 atom stereocenters. The maximum Gasteiger partial charge on any atom is 0.275 e. The zero-order valence-electron chi connectivity index (χ0n) is 15.6. The van der Waals surface area contributed by atoms with Crippen molar-refractivity contribution in [3.05, 3.63) is 91.3 Å². The molecule has 0 amide bonds. The number of H-pyrrole nitrogens is 1. The summed E-state index contributed by atoms with van der Waals surface area (Å²) < 4.78 is 6.49. The molecule has 0 aliphatic carbocycles. The van der Waals surface area contributed by atoms with Crippen LogP contribution in [-0.2, 0) is 6.54 Å². The lowest BCUT2D eigenvalue weighted by atomic mass is 10.2. The van der Waals surface area contributed by atoms with Crippen molar-refractivity contribution in [1.82, 2.24) is 14.5 Å². The van der Waals surface area contributed by atoms with E-state index in [4.69, 9.17) is 9.84 Å². The summed E-state index contributed by atoms with van der Waals surface area (Å²) in [4.78, 5) is 32.3. The number of aromatic nitrogens is 3. The Kier molecular flexibility index (Phi) is 6.72. The number of nitrogens with one attached hydrogen (secondary N) is 1. The molecule has 2 heterocycles. The Bertz CT molecular complexity index is 1180. The van der Waals surface area contributed by atoms with Crippen LogP contribution in [0.2, 0.25) is 0 Å². The van der Waals surface area contributed by atoms with Crippen LogP contribution in [0, 0.1) is 0 Å². The largest absolute Gasteiger partial charge is 0.490 e. The number of aliphatic hydroxyl groups excluding tert-OH is 2. The first-order chi connectivity index (χ1) is 14.1. The van der Waals surface area contributed by atoms with E-state index in [2.05, 4.69) is 9.97 Å². The molecule has 8 heteroatoms. The highest BCUT2D eigenvalue weighted by molar-refractivity contribution is 5.48. The number of nitrogens with zero attached hydrogens (tertiary/aromatic N) is 2. The van der Waals surface area contributed by atoms with Crippen LogP contribution in [-0.4, -0.2) is 44.6 Å². The molecule has 8 nitrogen and oxygen atoms in total. The van der Waals surface area contributed by atoms with Crippen molar-refractivity contribution in [3.8, 4) is 5.75 Å². The summed E-state index contributed by atoms with van der Waals surface area (Å²) in [5, 5.41) is 18.4. The van der Waals surface area contributed by atoms with E-state index in [0.29, 0.717) is 11.4 Å². The van der Waals surface area contributed by atoms with Gasteiger partial charge in [-0.25, -0.2) is 0 Å². The van der Waals surface area contributed by atoms with Gasteiger partial charge in [0, 0.05) is 6.54 Å². The van der Waals surface area contributed by atoms with Gasteiger partial charge in [-0.15, -0.1) is 0 Å². The molecule has 3 aromatic rings. The van der Waals surface area contributed by atoms with Crippen molar-refractivity contribution in [2.75, 3.05) is 19.8 Å². The Hall–Kier alpha value is -3.49. The zero-order valence-corrected chi connectivity index (χ0v) is 15.6. The smallest absolute Gasteiger partial charge is 0.275 e. The molecule has 0 aliphatic heterocycles. The molecule has 0 fully saturated rings. The van der Waals surface area contributed by atoms with Gasteiger partial charge in [0.2, 0.25) is 0 Å². The molecule has 150 valence electrons. The highest BCUT2D eigenvalue weighted by Gasteiger charge is 2.05. The highest BCUT2D eigenvalue weighted by atomic mass is 16.5. The molecule has 1 aromatic carbocycles. The van der Waals surface area contributed by atoms with E-state index < -0.39 is 11.1 Å². The normalized spacial score (nSPS) is 12.3. The lowest BCUT2D eigenvalue weighted by molar-refractivity contribution is 0.201. The quantitative estimate of drug-likeness (QED) is 0.470. The average molecular weight is 395 g/mol. The van der Waals surface area contributed by atoms with E-state index in [1.807, 2.05) is 30.3 Å². The molecule has 29 heavy (non-hydrogen) atoms. The van der Waals surface area contributed by atoms with Crippen molar-refractivity contribution in [1.29, 1.82) is 0 Å². The Balaban J connectivity index is 2.10. The molecule has 3 rings (SSSR count). The summed E-state index contributed by atoms with van der Waals surface area (Å²) in [6, 6.07) is 12.4. The third kappa shape index (κ3) is 5.07. The molecule has 0 unspecified atom stereocenters. The average Bonchev–Trinajstić information content (AvgIpc) is 2.74. The maximum atomic E-state index is 12.9. The van der Waals surface area contributed by atoms with Gasteiger partial charge in [-0.1, -0.05) is 30.3 Å². The predicted molar refractivity (Wildman–Crippen MR) is 108 cm³/mol. The van der Waals surface area contributed by atoms with Crippen molar-refractivity contribution < 1.29 is 14.9 Å². The van der Waals surface area contributed by atoms with E-state index in [9.17, 15) is 14.7 Å². The molecule has 0 aliphatic rings. The maximum absolute atomic E-state index is 12.9. The number of aliphatic hydroxyl groups is 2. The molecular formula is C21H21N3O5. The molecule has 0 bridgehead atoms. The SMILES string of the molecule is O=c1[nH]/c(=C\c2ccc(OCCO)cn2)c(=O)n(CCO)/c1=C\c1ccccc1. The summed E-state index contributed by atoms with van der Waals surface area (Å²) in [5.41, 5.74) is 0.324. The van der Waals surface area contributed by atoms with Crippen LogP contribution >= 0.6 is 0 Å². The summed E-state index contributed by atoms with van der Waals surface area (Å²) in [6.07, 6.45) is 4.52. The van der Waals surface area contributed by atoms with Crippen LogP contribution in [0.4, 0.5) is 0 Å². The number of benzene rings is 1. The topological polar surface area (TPSA) is 117 Å². The van der Waals surface area contributed by atoms with Crippen LogP contribution in [0.1, 0.15) is 11.3 Å². The van der Waals surface area contributed by atoms with Gasteiger partial charge in [-0.2, -0.15) is 0 Å². The van der Waals surface area contributed by atoms with E-state index in [0.717, 1.165) is 5.56 Å². The minimum Gasteiger partial charge on any atom is -0.490 e. The minimum absolute atomic E-state index is 0.0103. The first-order valence-corrected chi connectivity index (χ1v) is 9.04. The van der Waals surface area contributed by atoms with Gasteiger partial charge in [-0.3, -0.25) is 19.1 Å². The van der Waals surface area contributed by atoms with Crippen molar-refractivity contribution in [3.63, 3.8) is 0 Å². The third-order valence-electron chi connectivity index (χ3n) is 4.09. The number of ether oxygens (including phenoxy) is 1. The van der Waals surface area contributed by atoms with Crippen LogP contribution in [0.3, 0.4) is 0 Å². The molecule has 0 radical (unpaired) electrons. The van der Waals surface area contributed by atoms with Crippen molar-refractivity contribution >= 4 is 12.2 Å². The van der Waals surface area contributed by atoms with Crippen molar-refractivity contribution in [2.45, 2.75) is 6.54 Å². The van der Waals surface area contributed by atoms with Crippen LogP contribution < -0.4 is 26.6 Å². The fourth-order valence-corrected chi connectivity index (χ4v) is 2.76. The lowest BCUT2D eigenvalue weighted by Gasteiger charge is -2.05. The van der Waals surface area contributed by atoms with Gasteiger partial charge in [0.1, 0.15) is 23.1 Å². The Labute approximate surface area is 165 Å². The van der Waals surface area contributed by atoms with Gasteiger partial charge in [0.15, 0.2) is 0 Å². The summed E-state index contributed by atoms with van der Waals surface area (Å²) in [7, 11) is 0. The second kappa shape index (κ2) is 9.63. The standard InChI is InChI=1S/C21H21N3O5/c25-9-8-24-19(12-15-4-2-1-3-5-15)20(27)23-18(21(24)28)13-16-6-7-17(14-22-16)29-11-10-26/h1-7,12-14,25-26H,8-11H2,(H,23,27)/b18-13-,19-12-. The predicted octanol–water partition coefficient (Wildman–Crippen LogP) is -1.05. The van der Waals surface area contributed by atoms with Crippen LogP contribution in [0.5, 0.6) is 5.75 Å². The first kappa shape index (κ1) is 20.2. The monoisotopic (exact) mass is 395 g/mol.